The molecule has 1 unspecified atom stereocenters. The van der Waals surface area contributed by atoms with Crippen LogP contribution in [0.4, 0.5) is 0 Å². The Labute approximate surface area is 200 Å². The van der Waals surface area contributed by atoms with Gasteiger partial charge < -0.3 is 0 Å². The van der Waals surface area contributed by atoms with Crippen molar-refractivity contribution < 1.29 is 0 Å². The summed E-state index contributed by atoms with van der Waals surface area (Å²) in [4.78, 5) is 4.30. The fraction of sp³-hybridized carbons (Fsp3) is 0.281. The number of benzene rings is 2. The van der Waals surface area contributed by atoms with Crippen LogP contribution in [0.15, 0.2) is 96.7 Å². The quantitative estimate of drug-likeness (QED) is 0.247. The summed E-state index contributed by atoms with van der Waals surface area (Å²) >= 11 is 0. The molecule has 0 radical (unpaired) electrons. The van der Waals surface area contributed by atoms with Crippen LogP contribution >= 0.6 is 0 Å². The monoisotopic (exact) mass is 435 g/mol. The molecule has 0 saturated carbocycles. The summed E-state index contributed by atoms with van der Waals surface area (Å²) in [6, 6.07) is 15.5. The Morgan fingerprint density at radius 3 is 2.73 bits per heavy atom. The van der Waals surface area contributed by atoms with E-state index >= 15 is 0 Å². The lowest BCUT2D eigenvalue weighted by Crippen LogP contribution is -2.02. The van der Waals surface area contributed by atoms with Crippen LogP contribution < -0.4 is 0 Å². The molecule has 3 rings (SSSR count). The van der Waals surface area contributed by atoms with E-state index in [2.05, 4.69) is 110 Å². The van der Waals surface area contributed by atoms with Gasteiger partial charge in [-0.15, -0.1) is 6.58 Å². The first-order valence-electron chi connectivity index (χ1n) is 12.2. The third-order valence-electron chi connectivity index (χ3n) is 6.16. The molecule has 0 aliphatic heterocycles. The molecular weight excluding hydrogens is 398 g/mol. The van der Waals surface area contributed by atoms with Gasteiger partial charge in [-0.3, -0.25) is 4.99 Å². The van der Waals surface area contributed by atoms with Gasteiger partial charge in [0.1, 0.15) is 0 Å². The van der Waals surface area contributed by atoms with Crippen molar-refractivity contribution in [3.63, 3.8) is 0 Å². The standard InChI is InChI=1S/C32H37N/c1-4-6-24-33-25-23-27-19-21-29(22-20-27)26(3)13-8-7-9-14-28(5-2)31-18-12-16-30-15-10-11-17-32(30)31/h5-7,9,11-13,16-22,24-25,28H,2,4,8,10,14-15,23H2,1,3H3/b9-7+,24-6-,26-13+,33-25-. The number of allylic oxidation sites excluding steroid dienone is 7. The fourth-order valence-electron chi connectivity index (χ4n) is 4.16. The highest BCUT2D eigenvalue weighted by Crippen LogP contribution is 2.31. The number of aliphatic imine (C=N–C) groups is 1. The number of rotatable bonds is 11. The van der Waals surface area contributed by atoms with Crippen LogP contribution in [-0.2, 0) is 12.8 Å². The first-order valence-corrected chi connectivity index (χ1v) is 12.2. The van der Waals surface area contributed by atoms with Gasteiger partial charge in [-0.2, -0.15) is 0 Å². The van der Waals surface area contributed by atoms with E-state index in [0.717, 1.165) is 38.5 Å². The Balaban J connectivity index is 1.52. The summed E-state index contributed by atoms with van der Waals surface area (Å²) in [5, 5.41) is 0. The van der Waals surface area contributed by atoms with Gasteiger partial charge in [0.15, 0.2) is 0 Å². The summed E-state index contributed by atoms with van der Waals surface area (Å²) < 4.78 is 0. The van der Waals surface area contributed by atoms with Crippen LogP contribution in [-0.4, -0.2) is 6.21 Å². The van der Waals surface area contributed by atoms with E-state index in [-0.39, 0.29) is 0 Å². The van der Waals surface area contributed by atoms with Crippen LogP contribution in [0.2, 0.25) is 0 Å². The Morgan fingerprint density at radius 2 is 1.94 bits per heavy atom. The smallest absolute Gasteiger partial charge is 0.0223 e. The lowest BCUT2D eigenvalue weighted by Gasteiger charge is -2.19. The summed E-state index contributed by atoms with van der Waals surface area (Å²) in [5.74, 6) is 0.359. The van der Waals surface area contributed by atoms with Gasteiger partial charge in [-0.1, -0.05) is 91.9 Å². The fourth-order valence-corrected chi connectivity index (χ4v) is 4.16. The lowest BCUT2D eigenvalue weighted by molar-refractivity contribution is 0.851. The summed E-state index contributed by atoms with van der Waals surface area (Å²) in [6.45, 7) is 8.41. The number of fused-ring (bicyclic) bond motifs is 1. The molecule has 170 valence electrons. The zero-order valence-corrected chi connectivity index (χ0v) is 20.2. The SMILES string of the molecule is C=CC(C/C=C/C/C=C(\C)c1ccc(C/C=N\C=C/CC)cc1)c1cccc2c1C=CCC2. The molecule has 1 aliphatic rings. The van der Waals surface area contributed by atoms with Crippen molar-refractivity contribution >= 4 is 17.9 Å². The van der Waals surface area contributed by atoms with Crippen molar-refractivity contribution in [1.29, 1.82) is 0 Å². The molecule has 1 atom stereocenters. The lowest BCUT2D eigenvalue weighted by atomic mass is 9.85. The van der Waals surface area contributed by atoms with Crippen molar-refractivity contribution in [2.24, 2.45) is 4.99 Å². The largest absolute Gasteiger partial charge is 0.269 e. The second-order valence-corrected chi connectivity index (χ2v) is 8.56. The van der Waals surface area contributed by atoms with E-state index < -0.39 is 0 Å². The minimum absolute atomic E-state index is 0.359. The van der Waals surface area contributed by atoms with Gasteiger partial charge in [0.2, 0.25) is 0 Å². The maximum absolute atomic E-state index is 4.30. The van der Waals surface area contributed by atoms with E-state index in [0.29, 0.717) is 5.92 Å². The molecule has 0 bridgehead atoms. The van der Waals surface area contributed by atoms with E-state index in [1.165, 1.54) is 33.4 Å². The predicted octanol–water partition coefficient (Wildman–Crippen LogP) is 8.89. The Kier molecular flexibility index (Phi) is 9.91. The summed E-state index contributed by atoms with van der Waals surface area (Å²) in [7, 11) is 0. The molecule has 33 heavy (non-hydrogen) atoms. The molecule has 0 amide bonds. The average Bonchev–Trinajstić information content (AvgIpc) is 2.86. The van der Waals surface area contributed by atoms with Gasteiger partial charge in [0.25, 0.3) is 0 Å². The number of aryl methyl sites for hydroxylation is 1. The first kappa shape index (κ1) is 24.5. The van der Waals surface area contributed by atoms with E-state index in [4.69, 9.17) is 0 Å². The molecule has 2 aromatic carbocycles. The molecular formula is C32H37N. The molecule has 2 aromatic rings. The Bertz CT molecular complexity index is 1040. The Hall–Kier alpha value is -3.19. The number of hydrogen-bond donors (Lipinski definition) is 0. The number of nitrogens with zero attached hydrogens (tertiary/aromatic N) is 1. The van der Waals surface area contributed by atoms with Crippen LogP contribution in [0, 0.1) is 0 Å². The van der Waals surface area contributed by atoms with Crippen LogP contribution in [0.5, 0.6) is 0 Å². The summed E-state index contributed by atoms with van der Waals surface area (Å²) in [5.41, 5.74) is 8.16. The summed E-state index contributed by atoms with van der Waals surface area (Å²) in [6.07, 6.45) is 25.6. The third kappa shape index (κ3) is 7.43. The molecule has 0 N–H and O–H groups in total. The van der Waals surface area contributed by atoms with Gasteiger partial charge in [-0.25, -0.2) is 0 Å². The maximum Gasteiger partial charge on any atom is 0.0223 e. The van der Waals surface area contributed by atoms with Crippen LogP contribution in [0.3, 0.4) is 0 Å². The second-order valence-electron chi connectivity index (χ2n) is 8.56. The van der Waals surface area contributed by atoms with Crippen LogP contribution in [0.1, 0.15) is 73.3 Å². The average molecular weight is 436 g/mol. The van der Waals surface area contributed by atoms with Crippen molar-refractivity contribution in [2.45, 2.75) is 58.3 Å². The zero-order chi connectivity index (χ0) is 23.3. The third-order valence-corrected chi connectivity index (χ3v) is 6.16. The molecule has 0 fully saturated rings. The van der Waals surface area contributed by atoms with E-state index in [1.54, 1.807) is 0 Å². The maximum atomic E-state index is 4.30. The van der Waals surface area contributed by atoms with E-state index in [9.17, 15) is 0 Å². The van der Waals surface area contributed by atoms with Gasteiger partial charge in [0, 0.05) is 24.8 Å². The predicted molar refractivity (Wildman–Crippen MR) is 147 cm³/mol. The van der Waals surface area contributed by atoms with Gasteiger partial charge in [-0.05, 0) is 72.4 Å². The number of hydrogen-bond acceptors (Lipinski definition) is 1. The van der Waals surface area contributed by atoms with Crippen molar-refractivity contribution in [3.8, 4) is 0 Å². The second kappa shape index (κ2) is 13.4. The highest BCUT2D eigenvalue weighted by Gasteiger charge is 2.14. The van der Waals surface area contributed by atoms with Crippen LogP contribution in [0.25, 0.3) is 11.6 Å². The van der Waals surface area contributed by atoms with E-state index in [1.807, 2.05) is 12.4 Å². The molecule has 0 spiro atoms. The minimum atomic E-state index is 0.359. The van der Waals surface area contributed by atoms with Crippen molar-refractivity contribution in [1.82, 2.24) is 0 Å². The Morgan fingerprint density at radius 1 is 1.09 bits per heavy atom. The van der Waals surface area contributed by atoms with Crippen molar-refractivity contribution in [2.75, 3.05) is 0 Å². The molecule has 1 aliphatic carbocycles. The zero-order valence-electron chi connectivity index (χ0n) is 20.2. The first-order chi connectivity index (χ1) is 16.2. The normalized spacial score (nSPS) is 14.9. The molecule has 0 aromatic heterocycles. The molecule has 1 nitrogen and oxygen atoms in total. The highest BCUT2D eigenvalue weighted by molar-refractivity contribution is 5.66. The molecule has 0 heterocycles. The molecule has 1 heteroatoms. The van der Waals surface area contributed by atoms with Crippen molar-refractivity contribution in [3.05, 3.63) is 120 Å². The molecule has 0 saturated heterocycles. The van der Waals surface area contributed by atoms with Gasteiger partial charge >= 0.3 is 0 Å². The minimum Gasteiger partial charge on any atom is -0.269 e. The topological polar surface area (TPSA) is 12.4 Å². The van der Waals surface area contributed by atoms with Gasteiger partial charge in [0.05, 0.1) is 0 Å². The highest BCUT2D eigenvalue weighted by atomic mass is 14.7.